The summed E-state index contributed by atoms with van der Waals surface area (Å²) >= 11 is 0. The molecule has 0 aliphatic carbocycles. The maximum atomic E-state index is 13.2. The van der Waals surface area contributed by atoms with E-state index in [4.69, 9.17) is 4.74 Å². The van der Waals surface area contributed by atoms with Crippen LogP contribution in [0.15, 0.2) is 72.9 Å². The van der Waals surface area contributed by atoms with Crippen LogP contribution in [0.2, 0.25) is 0 Å². The summed E-state index contributed by atoms with van der Waals surface area (Å²) in [6.45, 7) is 2.44. The van der Waals surface area contributed by atoms with Crippen LogP contribution in [0.4, 0.5) is 4.39 Å². The molecule has 5 nitrogen and oxygen atoms in total. The average Bonchev–Trinajstić information content (AvgIpc) is 3.17. The lowest BCUT2D eigenvalue weighted by molar-refractivity contribution is 0.0940. The molecule has 6 heteroatoms. The molecule has 152 valence electrons. The van der Waals surface area contributed by atoms with Gasteiger partial charge in [-0.05, 0) is 54.4 Å². The van der Waals surface area contributed by atoms with Crippen molar-refractivity contribution in [3.8, 4) is 5.75 Å². The fraction of sp³-hybridized carbons (Fsp3) is 0.167. The quantitative estimate of drug-likeness (QED) is 0.507. The third kappa shape index (κ3) is 4.17. The Morgan fingerprint density at radius 1 is 1.10 bits per heavy atom. The first kappa shape index (κ1) is 19.6. The molecule has 1 heterocycles. The standard InChI is InChI=1S/C24H22FN3O2/c1-16(18-7-11-22(30-2)12-8-18)27-24(29)19-5-6-20-14-26-28(23(20)13-19)15-17-3-9-21(25)10-4-17/h3-14,16H,15H2,1-2H3,(H,27,29)/t16-/m0/s1. The number of nitrogens with one attached hydrogen (secondary N) is 1. The van der Waals surface area contributed by atoms with Gasteiger partial charge in [-0.2, -0.15) is 5.10 Å². The molecule has 4 aromatic rings. The minimum atomic E-state index is -0.269. The van der Waals surface area contributed by atoms with Gasteiger partial charge in [0.15, 0.2) is 0 Å². The number of ether oxygens (including phenoxy) is 1. The second kappa shape index (κ2) is 8.37. The lowest BCUT2D eigenvalue weighted by atomic mass is 10.1. The number of amides is 1. The Bertz CT molecular complexity index is 1170. The maximum absolute atomic E-state index is 13.2. The highest BCUT2D eigenvalue weighted by Crippen LogP contribution is 2.20. The fourth-order valence-electron chi connectivity index (χ4n) is 3.36. The lowest BCUT2D eigenvalue weighted by Crippen LogP contribution is -2.26. The molecule has 0 aliphatic rings. The van der Waals surface area contributed by atoms with Gasteiger partial charge in [0.2, 0.25) is 0 Å². The minimum Gasteiger partial charge on any atom is -0.497 e. The Balaban J connectivity index is 1.53. The van der Waals surface area contributed by atoms with Crippen LogP contribution in [0.1, 0.15) is 34.5 Å². The van der Waals surface area contributed by atoms with Crippen molar-refractivity contribution < 1.29 is 13.9 Å². The molecule has 1 N–H and O–H groups in total. The molecule has 1 amide bonds. The van der Waals surface area contributed by atoms with Crippen LogP contribution in [-0.2, 0) is 6.54 Å². The van der Waals surface area contributed by atoms with E-state index in [1.54, 1.807) is 31.5 Å². The van der Waals surface area contributed by atoms with E-state index in [2.05, 4.69) is 10.4 Å². The number of rotatable bonds is 6. The van der Waals surface area contributed by atoms with Crippen molar-refractivity contribution in [2.45, 2.75) is 19.5 Å². The summed E-state index contributed by atoms with van der Waals surface area (Å²) < 4.78 is 20.1. The molecule has 0 spiro atoms. The van der Waals surface area contributed by atoms with Crippen molar-refractivity contribution in [2.24, 2.45) is 0 Å². The van der Waals surface area contributed by atoms with Crippen LogP contribution in [-0.4, -0.2) is 22.8 Å². The Labute approximate surface area is 174 Å². The van der Waals surface area contributed by atoms with Gasteiger partial charge in [-0.25, -0.2) is 4.39 Å². The number of carbonyl (C=O) groups excluding carboxylic acids is 1. The molecular formula is C24H22FN3O2. The Morgan fingerprint density at radius 2 is 1.83 bits per heavy atom. The van der Waals surface area contributed by atoms with E-state index < -0.39 is 0 Å². The zero-order chi connectivity index (χ0) is 21.1. The summed E-state index contributed by atoms with van der Waals surface area (Å²) in [6.07, 6.45) is 1.76. The van der Waals surface area contributed by atoms with Gasteiger partial charge in [-0.1, -0.05) is 30.3 Å². The van der Waals surface area contributed by atoms with E-state index in [1.165, 1.54) is 12.1 Å². The van der Waals surface area contributed by atoms with Gasteiger partial charge in [0.1, 0.15) is 11.6 Å². The molecule has 0 bridgehead atoms. The maximum Gasteiger partial charge on any atom is 0.251 e. The van der Waals surface area contributed by atoms with Gasteiger partial charge in [-0.15, -0.1) is 0 Å². The highest BCUT2D eigenvalue weighted by molar-refractivity contribution is 5.98. The van der Waals surface area contributed by atoms with Gasteiger partial charge in [-0.3, -0.25) is 9.48 Å². The largest absolute Gasteiger partial charge is 0.497 e. The highest BCUT2D eigenvalue weighted by atomic mass is 19.1. The normalized spacial score (nSPS) is 12.0. The molecule has 0 radical (unpaired) electrons. The van der Waals surface area contributed by atoms with E-state index in [9.17, 15) is 9.18 Å². The minimum absolute atomic E-state index is 0.150. The molecule has 1 aromatic heterocycles. The van der Waals surface area contributed by atoms with E-state index in [0.29, 0.717) is 12.1 Å². The molecule has 1 atom stereocenters. The zero-order valence-electron chi connectivity index (χ0n) is 16.8. The smallest absolute Gasteiger partial charge is 0.251 e. The Kier molecular flexibility index (Phi) is 5.48. The van der Waals surface area contributed by atoms with E-state index in [1.807, 2.05) is 48.0 Å². The van der Waals surface area contributed by atoms with Crippen LogP contribution < -0.4 is 10.1 Å². The number of fused-ring (bicyclic) bond motifs is 1. The third-order valence-electron chi connectivity index (χ3n) is 5.12. The van der Waals surface area contributed by atoms with Crippen LogP contribution in [0.3, 0.4) is 0 Å². The average molecular weight is 403 g/mol. The zero-order valence-corrected chi connectivity index (χ0v) is 16.8. The summed E-state index contributed by atoms with van der Waals surface area (Å²) in [4.78, 5) is 12.8. The first-order valence-corrected chi connectivity index (χ1v) is 9.68. The van der Waals surface area contributed by atoms with Crippen molar-refractivity contribution in [3.05, 3.63) is 95.4 Å². The number of carbonyl (C=O) groups is 1. The van der Waals surface area contributed by atoms with E-state index >= 15 is 0 Å². The molecule has 0 unspecified atom stereocenters. The summed E-state index contributed by atoms with van der Waals surface area (Å²) in [7, 11) is 1.62. The van der Waals surface area contributed by atoms with Gasteiger partial charge in [0, 0.05) is 10.9 Å². The SMILES string of the molecule is COc1ccc([C@H](C)NC(=O)c2ccc3cnn(Cc4ccc(F)cc4)c3c2)cc1. The van der Waals surface area contributed by atoms with Crippen molar-refractivity contribution >= 4 is 16.8 Å². The number of nitrogens with zero attached hydrogens (tertiary/aromatic N) is 2. The molecule has 0 aliphatic heterocycles. The summed E-state index contributed by atoms with van der Waals surface area (Å²) in [5.41, 5.74) is 3.34. The van der Waals surface area contributed by atoms with Crippen LogP contribution >= 0.6 is 0 Å². The first-order valence-electron chi connectivity index (χ1n) is 9.68. The fourth-order valence-corrected chi connectivity index (χ4v) is 3.36. The number of aromatic nitrogens is 2. The molecule has 0 saturated carbocycles. The Hall–Kier alpha value is -3.67. The van der Waals surface area contributed by atoms with E-state index in [-0.39, 0.29) is 17.8 Å². The van der Waals surface area contributed by atoms with Crippen LogP contribution in [0.25, 0.3) is 10.9 Å². The lowest BCUT2D eigenvalue weighted by Gasteiger charge is -2.15. The van der Waals surface area contributed by atoms with Gasteiger partial charge in [0.25, 0.3) is 5.91 Å². The summed E-state index contributed by atoms with van der Waals surface area (Å²) in [5.74, 6) is 0.348. The molecule has 0 fully saturated rings. The molecule has 30 heavy (non-hydrogen) atoms. The number of benzene rings is 3. The van der Waals surface area contributed by atoms with Crippen molar-refractivity contribution in [2.75, 3.05) is 7.11 Å². The van der Waals surface area contributed by atoms with Gasteiger partial charge < -0.3 is 10.1 Å². The van der Waals surface area contributed by atoms with Crippen molar-refractivity contribution in [1.29, 1.82) is 0 Å². The summed E-state index contributed by atoms with van der Waals surface area (Å²) in [6, 6.07) is 19.3. The molecule has 4 rings (SSSR count). The van der Waals surface area contributed by atoms with Crippen LogP contribution in [0, 0.1) is 5.82 Å². The highest BCUT2D eigenvalue weighted by Gasteiger charge is 2.14. The predicted molar refractivity (Wildman–Crippen MR) is 114 cm³/mol. The van der Waals surface area contributed by atoms with Gasteiger partial charge >= 0.3 is 0 Å². The van der Waals surface area contributed by atoms with E-state index in [0.717, 1.165) is 27.8 Å². The number of hydrogen-bond acceptors (Lipinski definition) is 3. The third-order valence-corrected chi connectivity index (χ3v) is 5.12. The molecule has 3 aromatic carbocycles. The van der Waals surface area contributed by atoms with Crippen LogP contribution in [0.5, 0.6) is 5.75 Å². The summed E-state index contributed by atoms with van der Waals surface area (Å²) in [5, 5.41) is 8.39. The predicted octanol–water partition coefficient (Wildman–Crippen LogP) is 4.72. The van der Waals surface area contributed by atoms with Gasteiger partial charge in [0.05, 0.1) is 31.4 Å². The number of methoxy groups -OCH3 is 1. The van der Waals surface area contributed by atoms with Crippen molar-refractivity contribution in [3.63, 3.8) is 0 Å². The number of hydrogen-bond donors (Lipinski definition) is 1. The second-order valence-corrected chi connectivity index (χ2v) is 7.17. The molecule has 0 saturated heterocycles. The first-order chi connectivity index (χ1) is 14.5. The number of halogens is 1. The molecular weight excluding hydrogens is 381 g/mol. The topological polar surface area (TPSA) is 56.1 Å². The monoisotopic (exact) mass is 403 g/mol. The van der Waals surface area contributed by atoms with Crippen molar-refractivity contribution in [1.82, 2.24) is 15.1 Å². The Morgan fingerprint density at radius 3 is 2.53 bits per heavy atom. The second-order valence-electron chi connectivity index (χ2n) is 7.17.